The molecule has 2 heteroatoms. The zero-order chi connectivity index (χ0) is 12.3. The van der Waals surface area contributed by atoms with Crippen LogP contribution in [-0.4, -0.2) is 25.4 Å². The van der Waals surface area contributed by atoms with Crippen LogP contribution in [0.1, 0.15) is 39.5 Å². The van der Waals surface area contributed by atoms with Crippen molar-refractivity contribution < 1.29 is 9.47 Å². The largest absolute Gasteiger partial charge is 0.372 e. The second kappa shape index (κ2) is 5.36. The van der Waals surface area contributed by atoms with Crippen molar-refractivity contribution in [3.8, 4) is 0 Å². The lowest BCUT2D eigenvalue weighted by molar-refractivity contribution is -0.125. The molecule has 1 heterocycles. The van der Waals surface area contributed by atoms with Crippen LogP contribution < -0.4 is 0 Å². The lowest BCUT2D eigenvalue weighted by Crippen LogP contribution is -2.40. The van der Waals surface area contributed by atoms with E-state index < -0.39 is 0 Å². The highest BCUT2D eigenvalue weighted by atomic mass is 16.6. The third-order valence-corrected chi connectivity index (χ3v) is 3.68. The molecule has 0 aromatic heterocycles. The molecule has 0 radical (unpaired) electrons. The fourth-order valence-electron chi connectivity index (χ4n) is 2.89. The average molecular weight is 236 g/mol. The Labute approximate surface area is 105 Å². The maximum absolute atomic E-state index is 5.93. The van der Waals surface area contributed by atoms with Crippen molar-refractivity contribution in [3.05, 3.63) is 24.3 Å². The summed E-state index contributed by atoms with van der Waals surface area (Å²) in [7, 11) is 0. The molecule has 1 aliphatic carbocycles. The molecule has 0 N–H and O–H groups in total. The average Bonchev–Trinajstić information content (AvgIpc) is 2.29. The Morgan fingerprint density at radius 3 is 2.88 bits per heavy atom. The normalized spacial score (nSPS) is 32.9. The lowest BCUT2D eigenvalue weighted by atomic mass is 9.77. The molecule has 2 unspecified atom stereocenters. The minimum Gasteiger partial charge on any atom is -0.372 e. The van der Waals surface area contributed by atoms with E-state index in [-0.39, 0.29) is 12.2 Å². The van der Waals surface area contributed by atoms with E-state index in [9.17, 15) is 0 Å². The van der Waals surface area contributed by atoms with Crippen molar-refractivity contribution in [1.82, 2.24) is 0 Å². The van der Waals surface area contributed by atoms with E-state index in [0.717, 1.165) is 19.4 Å². The number of allylic oxidation sites excluding steroid dienone is 1. The van der Waals surface area contributed by atoms with Crippen LogP contribution in [0.2, 0.25) is 0 Å². The first-order valence-electron chi connectivity index (χ1n) is 6.68. The topological polar surface area (TPSA) is 18.5 Å². The molecular weight excluding hydrogens is 212 g/mol. The van der Waals surface area contributed by atoms with Gasteiger partial charge in [0, 0.05) is 0 Å². The van der Waals surface area contributed by atoms with Crippen LogP contribution >= 0.6 is 0 Å². The Hall–Kier alpha value is -0.600. The molecule has 1 aliphatic heterocycles. The van der Waals surface area contributed by atoms with Gasteiger partial charge in [0.05, 0.1) is 19.3 Å². The van der Waals surface area contributed by atoms with Crippen molar-refractivity contribution in [2.45, 2.75) is 51.7 Å². The summed E-state index contributed by atoms with van der Waals surface area (Å²) in [5, 5.41) is 0. The van der Waals surface area contributed by atoms with Crippen LogP contribution in [0.15, 0.2) is 24.3 Å². The van der Waals surface area contributed by atoms with Gasteiger partial charge >= 0.3 is 0 Å². The predicted molar refractivity (Wildman–Crippen MR) is 70.0 cm³/mol. The van der Waals surface area contributed by atoms with Crippen molar-refractivity contribution in [2.24, 2.45) is 5.41 Å². The van der Waals surface area contributed by atoms with Crippen molar-refractivity contribution >= 4 is 0 Å². The summed E-state index contributed by atoms with van der Waals surface area (Å²) in [6.45, 7) is 9.85. The first-order valence-corrected chi connectivity index (χ1v) is 6.68. The predicted octanol–water partition coefficient (Wildman–Crippen LogP) is 3.48. The Morgan fingerprint density at radius 1 is 1.41 bits per heavy atom. The molecule has 0 amide bonds. The van der Waals surface area contributed by atoms with E-state index in [1.807, 2.05) is 6.08 Å². The van der Waals surface area contributed by atoms with E-state index in [1.54, 1.807) is 0 Å². The maximum Gasteiger partial charge on any atom is 0.105 e. The molecule has 0 aromatic carbocycles. The van der Waals surface area contributed by atoms with Gasteiger partial charge in [-0.15, -0.1) is 6.58 Å². The van der Waals surface area contributed by atoms with Crippen LogP contribution in [0.4, 0.5) is 0 Å². The second-order valence-electron chi connectivity index (χ2n) is 5.79. The Balaban J connectivity index is 2.13. The van der Waals surface area contributed by atoms with Gasteiger partial charge in [-0.2, -0.15) is 0 Å². The standard InChI is InChI=1S/C15H24O2/c1-4-6-13-14(17-10-9-16-13)12-7-5-8-15(2,3)11-12/h4,11,13-14H,1,5-10H2,2-3H3. The van der Waals surface area contributed by atoms with Gasteiger partial charge in [0.15, 0.2) is 0 Å². The summed E-state index contributed by atoms with van der Waals surface area (Å²) >= 11 is 0. The smallest absolute Gasteiger partial charge is 0.105 e. The van der Waals surface area contributed by atoms with E-state index in [1.165, 1.54) is 18.4 Å². The number of hydrogen-bond donors (Lipinski definition) is 0. The molecule has 96 valence electrons. The van der Waals surface area contributed by atoms with E-state index in [2.05, 4.69) is 26.5 Å². The van der Waals surface area contributed by atoms with Crippen molar-refractivity contribution in [2.75, 3.05) is 13.2 Å². The zero-order valence-corrected chi connectivity index (χ0v) is 11.1. The molecule has 2 atom stereocenters. The third-order valence-electron chi connectivity index (χ3n) is 3.68. The molecule has 1 fully saturated rings. The first-order chi connectivity index (χ1) is 8.12. The maximum atomic E-state index is 5.93. The zero-order valence-electron chi connectivity index (χ0n) is 11.1. The number of ether oxygens (including phenoxy) is 2. The van der Waals surface area contributed by atoms with Gasteiger partial charge in [-0.1, -0.05) is 26.0 Å². The quantitative estimate of drug-likeness (QED) is 0.698. The van der Waals surface area contributed by atoms with Crippen LogP contribution in [0.5, 0.6) is 0 Å². The highest BCUT2D eigenvalue weighted by Gasteiger charge is 2.32. The molecule has 17 heavy (non-hydrogen) atoms. The summed E-state index contributed by atoms with van der Waals surface area (Å²) in [6.07, 6.45) is 9.23. The SMILES string of the molecule is C=CCC1OCCOC1C1=CC(C)(C)CCC1. The van der Waals surface area contributed by atoms with Crippen molar-refractivity contribution in [3.63, 3.8) is 0 Å². The minimum absolute atomic E-state index is 0.154. The van der Waals surface area contributed by atoms with Gasteiger partial charge in [-0.05, 0) is 36.7 Å². The third kappa shape index (κ3) is 3.20. The summed E-state index contributed by atoms with van der Waals surface area (Å²) in [5.74, 6) is 0. The monoisotopic (exact) mass is 236 g/mol. The Bertz CT molecular complexity index is 304. The molecular formula is C15H24O2. The lowest BCUT2D eigenvalue weighted by Gasteiger charge is -2.37. The van der Waals surface area contributed by atoms with Gasteiger partial charge in [-0.25, -0.2) is 0 Å². The van der Waals surface area contributed by atoms with Gasteiger partial charge in [0.25, 0.3) is 0 Å². The number of hydrogen-bond acceptors (Lipinski definition) is 2. The van der Waals surface area contributed by atoms with Crippen LogP contribution in [0, 0.1) is 5.41 Å². The molecule has 0 aromatic rings. The first kappa shape index (κ1) is 12.8. The summed E-state index contributed by atoms with van der Waals surface area (Å²) in [4.78, 5) is 0. The Morgan fingerprint density at radius 2 is 2.18 bits per heavy atom. The number of rotatable bonds is 3. The summed E-state index contributed by atoms with van der Waals surface area (Å²) < 4.78 is 11.8. The highest BCUT2D eigenvalue weighted by molar-refractivity contribution is 5.18. The second-order valence-corrected chi connectivity index (χ2v) is 5.79. The van der Waals surface area contributed by atoms with E-state index in [0.29, 0.717) is 12.0 Å². The summed E-state index contributed by atoms with van der Waals surface area (Å²) in [6, 6.07) is 0. The molecule has 0 saturated carbocycles. The van der Waals surface area contributed by atoms with Gasteiger partial charge in [0.1, 0.15) is 6.10 Å². The van der Waals surface area contributed by atoms with Crippen molar-refractivity contribution in [1.29, 1.82) is 0 Å². The van der Waals surface area contributed by atoms with Gasteiger partial charge < -0.3 is 9.47 Å². The highest BCUT2D eigenvalue weighted by Crippen LogP contribution is 2.36. The Kier molecular flexibility index (Phi) is 4.05. The summed E-state index contributed by atoms with van der Waals surface area (Å²) in [5.41, 5.74) is 1.75. The van der Waals surface area contributed by atoms with Gasteiger partial charge in [0.2, 0.25) is 0 Å². The molecule has 0 bridgehead atoms. The fourth-order valence-corrected chi connectivity index (χ4v) is 2.89. The minimum atomic E-state index is 0.154. The van der Waals surface area contributed by atoms with Crippen LogP contribution in [0.3, 0.4) is 0 Å². The van der Waals surface area contributed by atoms with Gasteiger partial charge in [-0.3, -0.25) is 0 Å². The van der Waals surface area contributed by atoms with Crippen LogP contribution in [0.25, 0.3) is 0 Å². The molecule has 2 nitrogen and oxygen atoms in total. The van der Waals surface area contributed by atoms with E-state index in [4.69, 9.17) is 9.47 Å². The molecule has 2 rings (SSSR count). The molecule has 1 saturated heterocycles. The van der Waals surface area contributed by atoms with Crippen LogP contribution in [-0.2, 0) is 9.47 Å². The fraction of sp³-hybridized carbons (Fsp3) is 0.733. The van der Waals surface area contributed by atoms with E-state index >= 15 is 0 Å². The molecule has 2 aliphatic rings. The molecule has 0 spiro atoms.